The van der Waals surface area contributed by atoms with Crippen molar-refractivity contribution in [2.75, 3.05) is 13.6 Å². The average Bonchev–Trinajstić information content (AvgIpc) is 2.88. The van der Waals surface area contributed by atoms with Gasteiger partial charge in [0.2, 0.25) is 0 Å². The zero-order valence-corrected chi connectivity index (χ0v) is 11.8. The summed E-state index contributed by atoms with van der Waals surface area (Å²) in [7, 11) is 1.58. The van der Waals surface area contributed by atoms with Gasteiger partial charge in [-0.2, -0.15) is 13.2 Å². The molecule has 0 aromatic heterocycles. The predicted molar refractivity (Wildman–Crippen MR) is 69.7 cm³/mol. The van der Waals surface area contributed by atoms with Gasteiger partial charge in [0, 0.05) is 12.6 Å². The van der Waals surface area contributed by atoms with Crippen LogP contribution in [0.1, 0.15) is 39.0 Å². The van der Waals surface area contributed by atoms with Crippen molar-refractivity contribution in [1.29, 1.82) is 0 Å². The van der Waals surface area contributed by atoms with Gasteiger partial charge >= 0.3 is 6.18 Å². The number of alkyl halides is 3. The maximum atomic E-state index is 13.1. The molecule has 2 rings (SSSR count). The van der Waals surface area contributed by atoms with Gasteiger partial charge in [-0.25, -0.2) is 0 Å². The summed E-state index contributed by atoms with van der Waals surface area (Å²) in [5.74, 6) is 1.87. The second-order valence-electron chi connectivity index (χ2n) is 6.43. The van der Waals surface area contributed by atoms with Crippen molar-refractivity contribution in [3.63, 3.8) is 0 Å². The van der Waals surface area contributed by atoms with Crippen LogP contribution >= 0.6 is 0 Å². The van der Waals surface area contributed by atoms with Crippen molar-refractivity contribution >= 4 is 0 Å². The molecule has 0 aromatic carbocycles. The van der Waals surface area contributed by atoms with Crippen LogP contribution in [-0.2, 0) is 0 Å². The van der Waals surface area contributed by atoms with Gasteiger partial charge in [0.25, 0.3) is 0 Å². The molecule has 0 aromatic rings. The average molecular weight is 278 g/mol. The maximum absolute atomic E-state index is 13.1. The number of fused-ring (bicyclic) bond motifs is 2. The van der Waals surface area contributed by atoms with Crippen LogP contribution in [0, 0.1) is 17.8 Å². The Balaban J connectivity index is 1.97. The highest BCUT2D eigenvalue weighted by molar-refractivity contribution is 4.93. The molecular weight excluding hydrogens is 253 g/mol. The fraction of sp³-hybridized carbons (Fsp3) is 1.00. The van der Waals surface area contributed by atoms with E-state index in [1.165, 1.54) is 24.2 Å². The first kappa shape index (κ1) is 15.1. The summed E-state index contributed by atoms with van der Waals surface area (Å²) >= 11 is 0. The van der Waals surface area contributed by atoms with E-state index in [1.807, 2.05) is 0 Å². The number of hydrogen-bond donors (Lipinski definition) is 1. The van der Waals surface area contributed by atoms with Gasteiger partial charge in [-0.3, -0.25) is 4.90 Å². The summed E-state index contributed by atoms with van der Waals surface area (Å²) in [6.07, 6.45) is 0.949. The topological polar surface area (TPSA) is 29.3 Å². The molecule has 2 nitrogen and oxygen atoms in total. The fourth-order valence-corrected chi connectivity index (χ4v) is 4.13. The van der Waals surface area contributed by atoms with E-state index in [1.54, 1.807) is 14.0 Å². The van der Waals surface area contributed by atoms with Crippen molar-refractivity contribution in [3.05, 3.63) is 0 Å². The Labute approximate surface area is 113 Å². The fourth-order valence-electron chi connectivity index (χ4n) is 4.13. The van der Waals surface area contributed by atoms with Gasteiger partial charge < -0.3 is 5.73 Å². The van der Waals surface area contributed by atoms with Gasteiger partial charge in [0.05, 0.1) is 0 Å². The molecule has 0 amide bonds. The van der Waals surface area contributed by atoms with E-state index >= 15 is 0 Å². The minimum atomic E-state index is -4.23. The maximum Gasteiger partial charge on any atom is 0.405 e. The predicted octanol–water partition coefficient (Wildman–Crippen LogP) is 3.02. The van der Waals surface area contributed by atoms with E-state index in [2.05, 4.69) is 0 Å². The molecule has 0 aliphatic heterocycles. The zero-order chi connectivity index (χ0) is 14.2. The second-order valence-corrected chi connectivity index (χ2v) is 6.43. The number of halogens is 3. The molecule has 0 heterocycles. The number of hydrogen-bond acceptors (Lipinski definition) is 2. The summed E-state index contributed by atoms with van der Waals surface area (Å²) in [5.41, 5.74) is 5.69. The lowest BCUT2D eigenvalue weighted by Gasteiger charge is -2.36. The van der Waals surface area contributed by atoms with Crippen LogP contribution in [0.15, 0.2) is 0 Å². The summed E-state index contributed by atoms with van der Waals surface area (Å²) in [6, 6.07) is -2.33. The smallest absolute Gasteiger partial charge is 0.326 e. The molecule has 0 spiro atoms. The molecule has 112 valence electrons. The summed E-state index contributed by atoms with van der Waals surface area (Å²) in [6.45, 7) is 2.26. The Kier molecular flexibility index (Phi) is 4.45. The van der Waals surface area contributed by atoms with Crippen molar-refractivity contribution in [3.8, 4) is 0 Å². The molecule has 5 heteroatoms. The van der Waals surface area contributed by atoms with Crippen LogP contribution in [0.5, 0.6) is 0 Å². The first-order valence-electron chi connectivity index (χ1n) is 7.35. The van der Waals surface area contributed by atoms with Gasteiger partial charge in [0.1, 0.15) is 6.04 Å². The second kappa shape index (κ2) is 5.60. The standard InChI is InChI=1S/C14H25F3N2/c1-3-12(18)13(14(15,16)17)19(2)8-11-7-9-4-5-10(11)6-9/h9-13H,3-8,18H2,1-2H3. The lowest BCUT2D eigenvalue weighted by molar-refractivity contribution is -0.187. The summed E-state index contributed by atoms with van der Waals surface area (Å²) in [5, 5.41) is 0. The third-order valence-electron chi connectivity index (χ3n) is 5.09. The molecule has 2 bridgehead atoms. The molecule has 19 heavy (non-hydrogen) atoms. The quantitative estimate of drug-likeness (QED) is 0.837. The lowest BCUT2D eigenvalue weighted by atomic mass is 9.88. The zero-order valence-electron chi connectivity index (χ0n) is 11.8. The van der Waals surface area contributed by atoms with Gasteiger partial charge in [-0.15, -0.1) is 0 Å². The first-order chi connectivity index (χ1) is 8.82. The van der Waals surface area contributed by atoms with Crippen molar-refractivity contribution in [1.82, 2.24) is 4.90 Å². The minimum absolute atomic E-state index is 0.352. The highest BCUT2D eigenvalue weighted by Crippen LogP contribution is 2.48. The van der Waals surface area contributed by atoms with Crippen molar-refractivity contribution in [2.45, 2.75) is 57.3 Å². The Hall–Kier alpha value is -0.290. The largest absolute Gasteiger partial charge is 0.405 e. The molecule has 2 fully saturated rings. The molecule has 0 radical (unpaired) electrons. The number of nitrogens with zero attached hydrogens (tertiary/aromatic N) is 1. The van der Waals surface area contributed by atoms with E-state index < -0.39 is 18.3 Å². The summed E-state index contributed by atoms with van der Waals surface area (Å²) in [4.78, 5) is 1.46. The Morgan fingerprint density at radius 3 is 2.37 bits per heavy atom. The monoisotopic (exact) mass is 278 g/mol. The van der Waals surface area contributed by atoms with Crippen LogP contribution in [0.4, 0.5) is 13.2 Å². The minimum Gasteiger partial charge on any atom is -0.326 e. The molecule has 5 atom stereocenters. The SMILES string of the molecule is CCC(N)C(N(C)CC1CC2CCC1C2)C(F)(F)F. The van der Waals surface area contributed by atoms with Gasteiger partial charge in [-0.05, 0) is 50.5 Å². The highest BCUT2D eigenvalue weighted by Gasteiger charge is 2.47. The van der Waals surface area contributed by atoms with Crippen LogP contribution in [0.3, 0.4) is 0 Å². The number of rotatable bonds is 5. The first-order valence-corrected chi connectivity index (χ1v) is 7.35. The van der Waals surface area contributed by atoms with E-state index in [0.29, 0.717) is 24.8 Å². The van der Waals surface area contributed by atoms with Gasteiger partial charge in [-0.1, -0.05) is 13.3 Å². The van der Waals surface area contributed by atoms with E-state index in [4.69, 9.17) is 5.73 Å². The molecule has 2 N–H and O–H groups in total. The Morgan fingerprint density at radius 1 is 1.26 bits per heavy atom. The molecule has 0 saturated heterocycles. The third kappa shape index (κ3) is 3.24. The van der Waals surface area contributed by atoms with Crippen LogP contribution in [0.2, 0.25) is 0 Å². The van der Waals surface area contributed by atoms with Crippen LogP contribution in [0.25, 0.3) is 0 Å². The lowest BCUT2D eigenvalue weighted by Crippen LogP contribution is -2.55. The molecular formula is C14H25F3N2. The van der Waals surface area contributed by atoms with Crippen molar-refractivity contribution < 1.29 is 13.2 Å². The number of nitrogens with two attached hydrogens (primary N) is 1. The van der Waals surface area contributed by atoms with E-state index in [-0.39, 0.29) is 0 Å². The summed E-state index contributed by atoms with van der Waals surface area (Å²) < 4.78 is 39.4. The molecule has 5 unspecified atom stereocenters. The normalized spacial score (nSPS) is 33.9. The highest BCUT2D eigenvalue weighted by atomic mass is 19.4. The van der Waals surface area contributed by atoms with Crippen LogP contribution < -0.4 is 5.73 Å². The van der Waals surface area contributed by atoms with Crippen molar-refractivity contribution in [2.24, 2.45) is 23.5 Å². The Bertz CT molecular complexity index is 306. The van der Waals surface area contributed by atoms with E-state index in [9.17, 15) is 13.2 Å². The van der Waals surface area contributed by atoms with E-state index in [0.717, 1.165) is 12.3 Å². The molecule has 2 aliphatic carbocycles. The number of likely N-dealkylation sites (N-methyl/N-ethyl adjacent to an activating group) is 1. The third-order valence-corrected chi connectivity index (χ3v) is 5.09. The van der Waals surface area contributed by atoms with Crippen LogP contribution in [-0.4, -0.2) is 36.8 Å². The molecule has 2 aliphatic rings. The Morgan fingerprint density at radius 2 is 1.95 bits per heavy atom. The molecule has 2 saturated carbocycles. The van der Waals surface area contributed by atoms with Gasteiger partial charge in [0.15, 0.2) is 0 Å².